The van der Waals surface area contributed by atoms with Gasteiger partial charge in [0.15, 0.2) is 0 Å². The molecule has 30 heavy (non-hydrogen) atoms. The van der Waals surface area contributed by atoms with Crippen LogP contribution in [0.15, 0.2) is 42.6 Å². The van der Waals surface area contributed by atoms with Gasteiger partial charge in [-0.2, -0.15) is 0 Å². The number of halogens is 1. The van der Waals surface area contributed by atoms with Gasteiger partial charge in [0.2, 0.25) is 5.91 Å². The van der Waals surface area contributed by atoms with Gasteiger partial charge in [-0.15, -0.1) is 0 Å². The van der Waals surface area contributed by atoms with E-state index in [0.29, 0.717) is 50.5 Å². The van der Waals surface area contributed by atoms with E-state index in [0.717, 1.165) is 18.5 Å². The minimum absolute atomic E-state index is 0.00971. The largest absolute Gasteiger partial charge is 0.378 e. The van der Waals surface area contributed by atoms with Crippen LogP contribution in [0, 0.1) is 5.82 Å². The van der Waals surface area contributed by atoms with Crippen LogP contribution in [0.1, 0.15) is 40.4 Å². The molecule has 2 aromatic rings. The van der Waals surface area contributed by atoms with Crippen molar-refractivity contribution in [2.75, 3.05) is 39.4 Å². The number of aromatic nitrogens is 1. The molecule has 0 radical (unpaired) electrons. The van der Waals surface area contributed by atoms with Gasteiger partial charge in [-0.3, -0.25) is 14.6 Å². The third-order valence-corrected chi connectivity index (χ3v) is 5.83. The van der Waals surface area contributed by atoms with E-state index < -0.39 is 0 Å². The Morgan fingerprint density at radius 2 is 1.87 bits per heavy atom. The molecule has 2 fully saturated rings. The van der Waals surface area contributed by atoms with Crippen molar-refractivity contribution in [3.63, 3.8) is 0 Å². The first kappa shape index (κ1) is 20.5. The fourth-order valence-electron chi connectivity index (χ4n) is 4.20. The summed E-state index contributed by atoms with van der Waals surface area (Å²) in [6, 6.07) is 9.98. The number of carbonyl (C=O) groups excluding carboxylic acids is 2. The molecule has 2 aliphatic heterocycles. The maximum absolute atomic E-state index is 13.9. The van der Waals surface area contributed by atoms with E-state index in [9.17, 15) is 14.0 Å². The molecular weight excluding hydrogens is 385 g/mol. The molecule has 0 N–H and O–H groups in total. The molecule has 0 saturated carbocycles. The molecule has 4 rings (SSSR count). The topological polar surface area (TPSA) is 62.7 Å². The van der Waals surface area contributed by atoms with Crippen molar-refractivity contribution in [3.8, 4) is 0 Å². The Bertz CT molecular complexity index is 914. The molecule has 1 atom stereocenters. The lowest BCUT2D eigenvalue weighted by molar-refractivity contribution is -0.131. The monoisotopic (exact) mass is 411 g/mol. The van der Waals surface area contributed by atoms with Crippen LogP contribution in [-0.4, -0.2) is 66.0 Å². The van der Waals surface area contributed by atoms with Crippen LogP contribution >= 0.6 is 0 Å². The summed E-state index contributed by atoms with van der Waals surface area (Å²) < 4.78 is 19.3. The number of benzene rings is 1. The fraction of sp³-hybridized carbons (Fsp3) is 0.435. The summed E-state index contributed by atoms with van der Waals surface area (Å²) >= 11 is 0. The molecule has 1 aromatic heterocycles. The van der Waals surface area contributed by atoms with Gasteiger partial charge < -0.3 is 14.5 Å². The highest BCUT2D eigenvalue weighted by atomic mass is 19.1. The van der Waals surface area contributed by atoms with Gasteiger partial charge in [0.25, 0.3) is 5.91 Å². The van der Waals surface area contributed by atoms with Crippen molar-refractivity contribution in [1.29, 1.82) is 0 Å². The van der Waals surface area contributed by atoms with Gasteiger partial charge in [-0.1, -0.05) is 18.2 Å². The van der Waals surface area contributed by atoms with Gasteiger partial charge >= 0.3 is 0 Å². The second kappa shape index (κ2) is 9.34. The second-order valence-corrected chi connectivity index (χ2v) is 7.79. The average molecular weight is 411 g/mol. The first-order valence-electron chi connectivity index (χ1n) is 10.5. The Morgan fingerprint density at radius 3 is 2.67 bits per heavy atom. The van der Waals surface area contributed by atoms with Crippen molar-refractivity contribution in [1.82, 2.24) is 14.8 Å². The molecule has 6 nitrogen and oxygen atoms in total. The van der Waals surface area contributed by atoms with Gasteiger partial charge in [0.05, 0.1) is 30.9 Å². The van der Waals surface area contributed by atoms with E-state index in [4.69, 9.17) is 4.74 Å². The summed E-state index contributed by atoms with van der Waals surface area (Å²) in [4.78, 5) is 34.0. The number of amides is 2. The van der Waals surface area contributed by atoms with Gasteiger partial charge in [0.1, 0.15) is 5.82 Å². The van der Waals surface area contributed by atoms with E-state index in [-0.39, 0.29) is 30.0 Å². The molecule has 0 aliphatic carbocycles. The Kier molecular flexibility index (Phi) is 6.38. The molecule has 3 heterocycles. The summed E-state index contributed by atoms with van der Waals surface area (Å²) in [7, 11) is 0. The first-order valence-corrected chi connectivity index (χ1v) is 10.5. The third-order valence-electron chi connectivity index (χ3n) is 5.83. The lowest BCUT2D eigenvalue weighted by Gasteiger charge is -2.34. The average Bonchev–Trinajstić information content (AvgIpc) is 2.81. The van der Waals surface area contributed by atoms with Crippen LogP contribution in [0.25, 0.3) is 0 Å². The number of likely N-dealkylation sites (tertiary alicyclic amines) is 1. The minimum atomic E-state index is -0.359. The standard InChI is InChI=1S/C23H26FN3O3/c24-20-8-2-1-5-17(20)15-21(28)27-10-4-6-18(16-27)22-19(7-3-9-25-22)23(29)26-11-13-30-14-12-26/h1-3,5,7-9,18H,4,6,10-16H2. The van der Waals surface area contributed by atoms with Crippen LogP contribution in [-0.2, 0) is 16.0 Å². The summed E-state index contributed by atoms with van der Waals surface area (Å²) in [5.41, 5.74) is 1.76. The van der Waals surface area contributed by atoms with Crippen molar-refractivity contribution in [2.24, 2.45) is 0 Å². The smallest absolute Gasteiger partial charge is 0.255 e. The molecule has 2 amide bonds. The Balaban J connectivity index is 1.49. The van der Waals surface area contributed by atoms with E-state index in [2.05, 4.69) is 4.98 Å². The van der Waals surface area contributed by atoms with Crippen LogP contribution < -0.4 is 0 Å². The Morgan fingerprint density at radius 1 is 1.07 bits per heavy atom. The molecule has 1 unspecified atom stereocenters. The third kappa shape index (κ3) is 4.51. The zero-order valence-electron chi connectivity index (χ0n) is 16.9. The van der Waals surface area contributed by atoms with E-state index in [1.807, 2.05) is 6.07 Å². The van der Waals surface area contributed by atoms with Crippen molar-refractivity contribution in [2.45, 2.75) is 25.2 Å². The molecule has 158 valence electrons. The number of morpholine rings is 1. The molecular formula is C23H26FN3O3. The van der Waals surface area contributed by atoms with Crippen LogP contribution in [0.3, 0.4) is 0 Å². The highest BCUT2D eigenvalue weighted by molar-refractivity contribution is 5.95. The zero-order chi connectivity index (χ0) is 20.9. The second-order valence-electron chi connectivity index (χ2n) is 7.79. The maximum Gasteiger partial charge on any atom is 0.255 e. The van der Waals surface area contributed by atoms with Crippen LogP contribution in [0.5, 0.6) is 0 Å². The van der Waals surface area contributed by atoms with Crippen LogP contribution in [0.4, 0.5) is 4.39 Å². The first-order chi connectivity index (χ1) is 14.6. The van der Waals surface area contributed by atoms with E-state index in [1.165, 1.54) is 6.07 Å². The zero-order valence-corrected chi connectivity index (χ0v) is 16.9. The quantitative estimate of drug-likeness (QED) is 0.776. The van der Waals surface area contributed by atoms with Crippen molar-refractivity contribution < 1.29 is 18.7 Å². The number of rotatable bonds is 4. The summed E-state index contributed by atoms with van der Waals surface area (Å²) in [6.07, 6.45) is 3.44. The van der Waals surface area contributed by atoms with Crippen LogP contribution in [0.2, 0.25) is 0 Å². The molecule has 0 bridgehead atoms. The molecule has 2 saturated heterocycles. The number of ether oxygens (including phenoxy) is 1. The molecule has 0 spiro atoms. The van der Waals surface area contributed by atoms with Gasteiger partial charge in [-0.25, -0.2) is 4.39 Å². The molecule has 7 heteroatoms. The van der Waals surface area contributed by atoms with Gasteiger partial charge in [0, 0.05) is 38.3 Å². The minimum Gasteiger partial charge on any atom is -0.378 e. The van der Waals surface area contributed by atoms with Crippen molar-refractivity contribution in [3.05, 3.63) is 65.2 Å². The number of nitrogens with zero attached hydrogens (tertiary/aromatic N) is 3. The SMILES string of the molecule is O=C(Cc1ccccc1F)N1CCCC(c2ncccc2C(=O)N2CCOCC2)C1. The maximum atomic E-state index is 13.9. The number of pyridine rings is 1. The molecule has 1 aromatic carbocycles. The van der Waals surface area contributed by atoms with Crippen molar-refractivity contribution >= 4 is 11.8 Å². The Hall–Kier alpha value is -2.80. The summed E-state index contributed by atoms with van der Waals surface area (Å²) in [5.74, 6) is -0.495. The predicted molar refractivity (Wildman–Crippen MR) is 110 cm³/mol. The molecule has 2 aliphatic rings. The summed E-state index contributed by atoms with van der Waals surface area (Å²) in [6.45, 7) is 3.37. The number of carbonyl (C=O) groups is 2. The fourth-order valence-corrected chi connectivity index (χ4v) is 4.20. The normalized spacial score (nSPS) is 19.6. The van der Waals surface area contributed by atoms with E-state index in [1.54, 1.807) is 40.3 Å². The number of piperidine rings is 1. The van der Waals surface area contributed by atoms with E-state index >= 15 is 0 Å². The Labute approximate surface area is 175 Å². The lowest BCUT2D eigenvalue weighted by Crippen LogP contribution is -2.42. The highest BCUT2D eigenvalue weighted by Gasteiger charge is 2.30. The summed E-state index contributed by atoms with van der Waals surface area (Å²) in [5, 5.41) is 0. The van der Waals surface area contributed by atoms with Gasteiger partial charge in [-0.05, 0) is 36.6 Å². The number of hydrogen-bond acceptors (Lipinski definition) is 4. The lowest BCUT2D eigenvalue weighted by atomic mass is 9.90. The number of hydrogen-bond donors (Lipinski definition) is 0. The predicted octanol–water partition coefficient (Wildman–Crippen LogP) is 2.64. The highest BCUT2D eigenvalue weighted by Crippen LogP contribution is 2.29.